The van der Waals surface area contributed by atoms with E-state index in [0.29, 0.717) is 28.9 Å². The zero-order chi connectivity index (χ0) is 26.1. The fourth-order valence-electron chi connectivity index (χ4n) is 4.24. The largest absolute Gasteiger partial charge is 0.445 e. The molecule has 38 heavy (non-hydrogen) atoms. The number of nitrogens with zero attached hydrogens (tertiary/aromatic N) is 6. The first kappa shape index (κ1) is 24.6. The molecule has 192 valence electrons. The summed E-state index contributed by atoms with van der Waals surface area (Å²) < 4.78 is 6.32. The van der Waals surface area contributed by atoms with Crippen LogP contribution in [0.3, 0.4) is 0 Å². The molecular formula is C26H23BrN8O2S. The van der Waals surface area contributed by atoms with E-state index in [1.54, 1.807) is 12.4 Å². The summed E-state index contributed by atoms with van der Waals surface area (Å²) in [6.45, 7) is 3.53. The number of hydrogen-bond donors (Lipinski definition) is 2. The molecule has 0 bridgehead atoms. The third-order valence-electron chi connectivity index (χ3n) is 6.18. The molecule has 1 aliphatic rings. The van der Waals surface area contributed by atoms with Crippen molar-refractivity contribution in [2.24, 2.45) is 0 Å². The van der Waals surface area contributed by atoms with Gasteiger partial charge in [-0.3, -0.25) is 4.98 Å². The molecule has 10 nitrogen and oxygen atoms in total. The van der Waals surface area contributed by atoms with Gasteiger partial charge in [0, 0.05) is 25.0 Å². The van der Waals surface area contributed by atoms with Crippen LogP contribution in [0.15, 0.2) is 69.5 Å². The van der Waals surface area contributed by atoms with Crippen LogP contribution in [0.25, 0.3) is 22.2 Å². The number of carbonyl (C=O) groups excluding carboxylic acids is 1. The molecule has 0 aliphatic carbocycles. The molecule has 1 aliphatic heterocycles. The topological polar surface area (TPSA) is 122 Å². The van der Waals surface area contributed by atoms with Gasteiger partial charge in [-0.1, -0.05) is 37.3 Å². The number of benzene rings is 1. The lowest BCUT2D eigenvalue weighted by Gasteiger charge is -2.40. The van der Waals surface area contributed by atoms with Crippen LogP contribution in [0.4, 0.5) is 10.6 Å². The zero-order valence-corrected chi connectivity index (χ0v) is 22.8. The molecule has 1 fully saturated rings. The van der Waals surface area contributed by atoms with Gasteiger partial charge in [0.15, 0.2) is 10.8 Å². The molecule has 0 saturated carbocycles. The second kappa shape index (κ2) is 10.5. The number of carbonyl (C=O) groups is 1. The van der Waals surface area contributed by atoms with Gasteiger partial charge in [0.2, 0.25) is 0 Å². The molecule has 1 amide bonds. The minimum Gasteiger partial charge on any atom is -0.445 e. The second-order valence-corrected chi connectivity index (χ2v) is 10.6. The van der Waals surface area contributed by atoms with Crippen molar-refractivity contribution in [1.82, 2.24) is 35.2 Å². The summed E-state index contributed by atoms with van der Waals surface area (Å²) in [6, 6.07) is 13.3. The average Bonchev–Trinajstić information content (AvgIpc) is 3.24. The molecule has 2 N–H and O–H groups in total. The van der Waals surface area contributed by atoms with Gasteiger partial charge in [0.25, 0.3) is 0 Å². The van der Waals surface area contributed by atoms with E-state index in [2.05, 4.69) is 53.0 Å². The quantitative estimate of drug-likeness (QED) is 0.255. The van der Waals surface area contributed by atoms with Crippen LogP contribution in [0, 0.1) is 0 Å². The van der Waals surface area contributed by atoms with Crippen molar-refractivity contribution in [3.63, 3.8) is 0 Å². The highest BCUT2D eigenvalue weighted by Gasteiger charge is 2.32. The number of rotatable bonds is 7. The fraction of sp³-hybridized carbons (Fsp3) is 0.231. The Bertz CT molecular complexity index is 1620. The maximum atomic E-state index is 12.3. The standard InChI is InChI=1S/C26H23BrN8O2S/c1-2-17-21(27)20-23(31-17)33-25(38-19-11-29-18-9-6-10-28-22(18)32-19)34-24(20)35-12-16(13-35)30-26(36)37-14-15-7-4-3-5-8-15/h3-11,16H,2,12-14H2,1H3,(H,30,36)(H,31,33,34). The lowest BCUT2D eigenvalue weighted by atomic mass is 10.1. The van der Waals surface area contributed by atoms with E-state index in [0.717, 1.165) is 44.5 Å². The highest BCUT2D eigenvalue weighted by Crippen LogP contribution is 2.38. The third kappa shape index (κ3) is 5.01. The van der Waals surface area contributed by atoms with Crippen LogP contribution in [-0.2, 0) is 17.8 Å². The van der Waals surface area contributed by atoms with Gasteiger partial charge in [0.1, 0.15) is 28.6 Å². The van der Waals surface area contributed by atoms with Crippen molar-refractivity contribution in [2.75, 3.05) is 18.0 Å². The Morgan fingerprint density at radius 2 is 2.00 bits per heavy atom. The Morgan fingerprint density at radius 1 is 1.16 bits per heavy atom. The first-order valence-electron chi connectivity index (χ1n) is 12.1. The van der Waals surface area contributed by atoms with Gasteiger partial charge in [-0.25, -0.2) is 24.7 Å². The number of H-pyrrole nitrogens is 1. The molecule has 0 radical (unpaired) electrons. The van der Waals surface area contributed by atoms with Crippen molar-refractivity contribution in [3.8, 4) is 0 Å². The molecule has 4 aromatic heterocycles. The lowest BCUT2D eigenvalue weighted by Crippen LogP contribution is -2.59. The molecule has 12 heteroatoms. The molecule has 0 unspecified atom stereocenters. The summed E-state index contributed by atoms with van der Waals surface area (Å²) in [4.78, 5) is 40.8. The Balaban J connectivity index is 1.20. The number of amides is 1. The highest BCUT2D eigenvalue weighted by molar-refractivity contribution is 9.10. The first-order valence-corrected chi connectivity index (χ1v) is 13.7. The van der Waals surface area contributed by atoms with Gasteiger partial charge in [-0.15, -0.1) is 0 Å². The monoisotopic (exact) mass is 590 g/mol. The van der Waals surface area contributed by atoms with E-state index in [-0.39, 0.29) is 12.6 Å². The summed E-state index contributed by atoms with van der Waals surface area (Å²) in [5.41, 5.74) is 4.04. The van der Waals surface area contributed by atoms with E-state index in [1.807, 2.05) is 42.5 Å². The number of pyridine rings is 1. The molecular weight excluding hydrogens is 568 g/mol. The summed E-state index contributed by atoms with van der Waals surface area (Å²) in [7, 11) is 0. The molecule has 1 saturated heterocycles. The smallest absolute Gasteiger partial charge is 0.407 e. The number of aromatic nitrogens is 6. The minimum absolute atomic E-state index is 0.0415. The Labute approximate surface area is 230 Å². The summed E-state index contributed by atoms with van der Waals surface area (Å²) in [5.74, 6) is 0.794. The third-order valence-corrected chi connectivity index (χ3v) is 7.83. The van der Waals surface area contributed by atoms with E-state index < -0.39 is 6.09 Å². The number of ether oxygens (including phenoxy) is 1. The maximum absolute atomic E-state index is 12.3. The van der Waals surface area contributed by atoms with Crippen molar-refractivity contribution in [3.05, 3.63) is 70.6 Å². The van der Waals surface area contributed by atoms with Crippen molar-refractivity contribution in [1.29, 1.82) is 0 Å². The minimum atomic E-state index is -0.429. The molecule has 0 atom stereocenters. The summed E-state index contributed by atoms with van der Waals surface area (Å²) >= 11 is 5.07. The average molecular weight is 591 g/mol. The predicted molar refractivity (Wildman–Crippen MR) is 148 cm³/mol. The Kier molecular flexibility index (Phi) is 6.81. The highest BCUT2D eigenvalue weighted by atomic mass is 79.9. The molecule has 0 spiro atoms. The van der Waals surface area contributed by atoms with Crippen LogP contribution in [0.5, 0.6) is 0 Å². The molecule has 5 heterocycles. The zero-order valence-electron chi connectivity index (χ0n) is 20.4. The second-order valence-electron chi connectivity index (χ2n) is 8.79. The van der Waals surface area contributed by atoms with Crippen LogP contribution in [-0.4, -0.2) is 55.1 Å². The first-order chi connectivity index (χ1) is 18.6. The maximum Gasteiger partial charge on any atom is 0.407 e. The normalized spacial score (nSPS) is 13.6. The van der Waals surface area contributed by atoms with Crippen molar-refractivity contribution >= 4 is 61.8 Å². The van der Waals surface area contributed by atoms with Gasteiger partial charge in [-0.05, 0) is 51.8 Å². The number of nitrogens with one attached hydrogen (secondary N) is 2. The SMILES string of the molecule is CCc1[nH]c2nc(Sc3cnc4cccnc4n3)nc(N3CC(NC(=O)OCc4ccccc4)C3)c2c1Br. The summed E-state index contributed by atoms with van der Waals surface area (Å²) in [5, 5.41) is 5.07. The molecule has 1 aromatic carbocycles. The van der Waals surface area contributed by atoms with Crippen molar-refractivity contribution in [2.45, 2.75) is 36.2 Å². The van der Waals surface area contributed by atoms with E-state index in [4.69, 9.17) is 14.7 Å². The molecule has 5 aromatic rings. The Hall–Kier alpha value is -3.77. The number of aromatic amines is 1. The Morgan fingerprint density at radius 3 is 2.82 bits per heavy atom. The van der Waals surface area contributed by atoms with Gasteiger partial charge < -0.3 is 19.9 Å². The van der Waals surface area contributed by atoms with Crippen LogP contribution < -0.4 is 10.2 Å². The predicted octanol–water partition coefficient (Wildman–Crippen LogP) is 4.89. The fourth-order valence-corrected chi connectivity index (χ4v) is 5.68. The van der Waals surface area contributed by atoms with Crippen molar-refractivity contribution < 1.29 is 9.53 Å². The van der Waals surface area contributed by atoms with Gasteiger partial charge >= 0.3 is 6.09 Å². The number of anilines is 1. The number of halogens is 1. The van der Waals surface area contributed by atoms with Gasteiger partial charge in [-0.2, -0.15) is 0 Å². The van der Waals surface area contributed by atoms with E-state index in [9.17, 15) is 4.79 Å². The van der Waals surface area contributed by atoms with E-state index in [1.165, 1.54) is 11.8 Å². The summed E-state index contributed by atoms with van der Waals surface area (Å²) in [6.07, 6.45) is 3.79. The number of hydrogen-bond acceptors (Lipinski definition) is 9. The van der Waals surface area contributed by atoms with E-state index >= 15 is 0 Å². The lowest BCUT2D eigenvalue weighted by molar-refractivity contribution is 0.133. The van der Waals surface area contributed by atoms with Gasteiger partial charge in [0.05, 0.1) is 22.1 Å². The molecule has 6 rings (SSSR count). The number of alkyl carbamates (subject to hydrolysis) is 1. The van der Waals surface area contributed by atoms with Crippen LogP contribution in [0.1, 0.15) is 18.2 Å². The number of fused-ring (bicyclic) bond motifs is 2. The van der Waals surface area contributed by atoms with Crippen LogP contribution >= 0.6 is 27.7 Å². The number of aryl methyl sites for hydroxylation is 1. The van der Waals surface area contributed by atoms with Crippen LogP contribution in [0.2, 0.25) is 0 Å².